The van der Waals surface area contributed by atoms with Gasteiger partial charge >= 0.3 is 0 Å². The fourth-order valence-electron chi connectivity index (χ4n) is 3.77. The number of nitrogens with zero attached hydrogens (tertiary/aromatic N) is 3. The Morgan fingerprint density at radius 2 is 1.85 bits per heavy atom. The van der Waals surface area contributed by atoms with Crippen molar-refractivity contribution in [2.75, 3.05) is 11.5 Å². The maximum absolute atomic E-state index is 13.4. The van der Waals surface area contributed by atoms with E-state index in [0.717, 1.165) is 9.78 Å². The lowest BCUT2D eigenvalue weighted by molar-refractivity contribution is -0.384. The minimum Gasteiger partial charge on any atom is -0.494 e. The van der Waals surface area contributed by atoms with Crippen molar-refractivity contribution in [2.24, 2.45) is 0 Å². The highest BCUT2D eigenvalue weighted by Crippen LogP contribution is 2.30. The average Bonchev–Trinajstić information content (AvgIpc) is 3.45. The molecule has 1 aliphatic heterocycles. The van der Waals surface area contributed by atoms with Crippen LogP contribution in [0.1, 0.15) is 28.6 Å². The van der Waals surface area contributed by atoms with Gasteiger partial charge in [0.2, 0.25) is 5.91 Å². The Labute approximate surface area is 199 Å². The molecule has 0 saturated carbocycles. The van der Waals surface area contributed by atoms with Gasteiger partial charge in [-0.2, -0.15) is 0 Å². The maximum Gasteiger partial charge on any atom is 0.269 e. The van der Waals surface area contributed by atoms with Gasteiger partial charge in [-0.05, 0) is 54.8 Å². The monoisotopic (exact) mass is 479 g/mol. The summed E-state index contributed by atoms with van der Waals surface area (Å²) >= 11 is 1.43. The van der Waals surface area contributed by atoms with E-state index in [1.165, 1.54) is 40.5 Å². The summed E-state index contributed by atoms with van der Waals surface area (Å²) < 4.78 is 5.42. The number of non-ortho nitro benzene ring substituents is 1. The van der Waals surface area contributed by atoms with Crippen molar-refractivity contribution in [1.29, 1.82) is 0 Å². The minimum absolute atomic E-state index is 0.133. The number of imide groups is 1. The Morgan fingerprint density at radius 3 is 2.44 bits per heavy atom. The van der Waals surface area contributed by atoms with E-state index in [-0.39, 0.29) is 24.2 Å². The number of thiophene rings is 1. The maximum atomic E-state index is 13.4. The van der Waals surface area contributed by atoms with E-state index in [9.17, 15) is 24.5 Å². The Balaban J connectivity index is 1.63. The number of ether oxygens (including phenoxy) is 1. The molecule has 0 spiro atoms. The van der Waals surface area contributed by atoms with E-state index in [1.807, 2.05) is 24.4 Å². The molecule has 174 valence electrons. The number of anilines is 1. The molecule has 34 heavy (non-hydrogen) atoms. The fraction of sp³-hybridized carbons (Fsp3) is 0.208. The molecule has 2 heterocycles. The van der Waals surface area contributed by atoms with Gasteiger partial charge in [-0.25, -0.2) is 4.90 Å². The number of nitro benzene ring substituents is 1. The van der Waals surface area contributed by atoms with Crippen LogP contribution in [0.5, 0.6) is 5.75 Å². The van der Waals surface area contributed by atoms with Crippen LogP contribution in [-0.4, -0.2) is 40.2 Å². The van der Waals surface area contributed by atoms with Crippen molar-refractivity contribution in [3.63, 3.8) is 0 Å². The first-order valence-corrected chi connectivity index (χ1v) is 11.4. The normalized spacial score (nSPS) is 15.4. The molecule has 1 saturated heterocycles. The molecule has 1 unspecified atom stereocenters. The number of nitro groups is 1. The summed E-state index contributed by atoms with van der Waals surface area (Å²) in [4.78, 5) is 53.3. The second-order valence-electron chi connectivity index (χ2n) is 7.53. The minimum atomic E-state index is -0.996. The Bertz CT molecular complexity index is 1210. The third-order valence-electron chi connectivity index (χ3n) is 5.40. The molecule has 1 aromatic heterocycles. The number of rotatable bonds is 8. The van der Waals surface area contributed by atoms with E-state index < -0.39 is 28.7 Å². The van der Waals surface area contributed by atoms with Gasteiger partial charge in [-0.1, -0.05) is 6.07 Å². The molecule has 1 aliphatic rings. The van der Waals surface area contributed by atoms with Crippen LogP contribution in [0, 0.1) is 10.1 Å². The van der Waals surface area contributed by atoms with Crippen LogP contribution >= 0.6 is 11.3 Å². The molecular weight excluding hydrogens is 458 g/mol. The van der Waals surface area contributed by atoms with Crippen LogP contribution in [0.15, 0.2) is 66.0 Å². The number of hydrogen-bond acceptors (Lipinski definition) is 7. The molecule has 2 aromatic carbocycles. The summed E-state index contributed by atoms with van der Waals surface area (Å²) in [6.07, 6.45) is -0.157. The van der Waals surface area contributed by atoms with Crippen molar-refractivity contribution in [3.05, 3.63) is 86.6 Å². The molecule has 0 aliphatic carbocycles. The SMILES string of the molecule is CCOc1ccc(N2C(=O)CC(N(Cc3cccs3)C(=O)c3ccc([N+](=O)[O-])cc3)C2=O)cc1. The highest BCUT2D eigenvalue weighted by molar-refractivity contribution is 7.09. The van der Waals surface area contributed by atoms with Crippen molar-refractivity contribution in [1.82, 2.24) is 4.90 Å². The topological polar surface area (TPSA) is 110 Å². The second kappa shape index (κ2) is 9.84. The summed E-state index contributed by atoms with van der Waals surface area (Å²) in [5, 5.41) is 12.8. The number of carbonyl (C=O) groups excluding carboxylic acids is 3. The molecule has 3 aromatic rings. The van der Waals surface area contributed by atoms with Gasteiger partial charge in [0.1, 0.15) is 11.8 Å². The smallest absolute Gasteiger partial charge is 0.269 e. The molecule has 9 nitrogen and oxygen atoms in total. The average molecular weight is 480 g/mol. The summed E-state index contributed by atoms with van der Waals surface area (Å²) in [7, 11) is 0. The van der Waals surface area contributed by atoms with Crippen LogP contribution in [0.3, 0.4) is 0 Å². The lowest BCUT2D eigenvalue weighted by atomic mass is 10.1. The Morgan fingerprint density at radius 1 is 1.15 bits per heavy atom. The van der Waals surface area contributed by atoms with Crippen LogP contribution in [0.4, 0.5) is 11.4 Å². The lowest BCUT2D eigenvalue weighted by Crippen LogP contribution is -2.45. The van der Waals surface area contributed by atoms with Crippen molar-refractivity contribution in [3.8, 4) is 5.75 Å². The predicted molar refractivity (Wildman–Crippen MR) is 126 cm³/mol. The molecular formula is C24H21N3O6S. The fourth-order valence-corrected chi connectivity index (χ4v) is 4.48. The van der Waals surface area contributed by atoms with Crippen LogP contribution < -0.4 is 9.64 Å². The molecule has 0 radical (unpaired) electrons. The first-order valence-electron chi connectivity index (χ1n) is 10.6. The Kier molecular flexibility index (Phi) is 6.69. The molecule has 0 bridgehead atoms. The summed E-state index contributed by atoms with van der Waals surface area (Å²) in [6, 6.07) is 14.5. The molecule has 1 fully saturated rings. The second-order valence-corrected chi connectivity index (χ2v) is 8.56. The zero-order valence-electron chi connectivity index (χ0n) is 18.2. The van der Waals surface area contributed by atoms with Gasteiger partial charge in [0.15, 0.2) is 0 Å². The van der Waals surface area contributed by atoms with Crippen molar-refractivity contribution < 1.29 is 24.0 Å². The number of amides is 3. The van der Waals surface area contributed by atoms with E-state index in [2.05, 4.69) is 0 Å². The zero-order valence-corrected chi connectivity index (χ0v) is 19.1. The van der Waals surface area contributed by atoms with Crippen LogP contribution in [0.2, 0.25) is 0 Å². The Hall–Kier alpha value is -4.05. The van der Waals surface area contributed by atoms with Gasteiger partial charge in [0.25, 0.3) is 17.5 Å². The molecule has 10 heteroatoms. The van der Waals surface area contributed by atoms with Gasteiger partial charge < -0.3 is 9.64 Å². The first-order chi connectivity index (χ1) is 16.4. The van der Waals surface area contributed by atoms with E-state index in [4.69, 9.17) is 4.74 Å². The lowest BCUT2D eigenvalue weighted by Gasteiger charge is -2.27. The number of hydrogen-bond donors (Lipinski definition) is 0. The van der Waals surface area contributed by atoms with Crippen molar-refractivity contribution >= 4 is 40.4 Å². The van der Waals surface area contributed by atoms with Crippen LogP contribution in [0.25, 0.3) is 0 Å². The predicted octanol–water partition coefficient (Wildman–Crippen LogP) is 4.03. The zero-order chi connectivity index (χ0) is 24.2. The van der Waals surface area contributed by atoms with Gasteiger partial charge in [0.05, 0.1) is 30.2 Å². The van der Waals surface area contributed by atoms with E-state index >= 15 is 0 Å². The first kappa shape index (κ1) is 23.1. The molecule has 3 amide bonds. The highest BCUT2D eigenvalue weighted by Gasteiger charge is 2.44. The summed E-state index contributed by atoms with van der Waals surface area (Å²) in [5.74, 6) is -0.773. The summed E-state index contributed by atoms with van der Waals surface area (Å²) in [5.41, 5.74) is 0.455. The molecule has 1 atom stereocenters. The van der Waals surface area contributed by atoms with Gasteiger partial charge in [0, 0.05) is 22.6 Å². The highest BCUT2D eigenvalue weighted by atomic mass is 32.1. The van der Waals surface area contributed by atoms with E-state index in [0.29, 0.717) is 18.0 Å². The van der Waals surface area contributed by atoms with E-state index in [1.54, 1.807) is 24.3 Å². The van der Waals surface area contributed by atoms with Gasteiger partial charge in [-0.15, -0.1) is 11.3 Å². The van der Waals surface area contributed by atoms with Crippen molar-refractivity contribution in [2.45, 2.75) is 25.9 Å². The van der Waals surface area contributed by atoms with Gasteiger partial charge in [-0.3, -0.25) is 24.5 Å². The standard InChI is InChI=1S/C24H21N3O6S/c1-2-33-19-11-9-17(10-12-19)26-22(28)14-21(24(26)30)25(15-20-4-3-13-34-20)23(29)16-5-7-18(8-6-16)27(31)32/h3-13,21H,2,14-15H2,1H3. The number of benzene rings is 2. The third kappa shape index (κ3) is 4.67. The summed E-state index contributed by atoms with van der Waals surface area (Å²) in [6.45, 7) is 2.48. The third-order valence-corrected chi connectivity index (χ3v) is 6.26. The molecule has 4 rings (SSSR count). The number of carbonyl (C=O) groups is 3. The molecule has 0 N–H and O–H groups in total. The largest absolute Gasteiger partial charge is 0.494 e. The quantitative estimate of drug-likeness (QED) is 0.274. The van der Waals surface area contributed by atoms with Crippen LogP contribution in [-0.2, 0) is 16.1 Å².